The molecule has 0 spiro atoms. The molecule has 0 saturated carbocycles. The molecule has 138 valence electrons. The van der Waals surface area contributed by atoms with Crippen LogP contribution >= 0.6 is 11.6 Å². The Balaban J connectivity index is 1.86. The van der Waals surface area contributed by atoms with Crippen molar-refractivity contribution in [1.82, 2.24) is 29.6 Å². The molecular formula is C17H17ClN8O. The molecule has 0 bridgehead atoms. The molecule has 3 aromatic heterocycles. The van der Waals surface area contributed by atoms with E-state index in [1.165, 1.54) is 11.0 Å². The van der Waals surface area contributed by atoms with E-state index in [4.69, 9.17) is 11.6 Å². The van der Waals surface area contributed by atoms with E-state index in [1.807, 2.05) is 6.92 Å². The fourth-order valence-electron chi connectivity index (χ4n) is 3.01. The lowest BCUT2D eigenvalue weighted by atomic mass is 10.2. The molecule has 2 N–H and O–H groups in total. The van der Waals surface area contributed by atoms with Crippen molar-refractivity contribution in [3.05, 3.63) is 52.1 Å². The van der Waals surface area contributed by atoms with Gasteiger partial charge in [-0.15, -0.1) is 0 Å². The highest BCUT2D eigenvalue weighted by Crippen LogP contribution is 2.23. The van der Waals surface area contributed by atoms with Crippen LogP contribution in [0, 0.1) is 0 Å². The maximum atomic E-state index is 13.1. The third kappa shape index (κ3) is 2.85. The van der Waals surface area contributed by atoms with Crippen LogP contribution in [0.3, 0.4) is 0 Å². The first-order valence-electron chi connectivity index (χ1n) is 8.26. The largest absolute Gasteiger partial charge is 0.358 e. The second-order valence-electron chi connectivity index (χ2n) is 6.26. The van der Waals surface area contributed by atoms with E-state index in [0.717, 1.165) is 0 Å². The van der Waals surface area contributed by atoms with Gasteiger partial charge in [0.2, 0.25) is 0 Å². The minimum Gasteiger partial charge on any atom is -0.358 e. The van der Waals surface area contributed by atoms with E-state index < -0.39 is 0 Å². The quantitative estimate of drug-likeness (QED) is 0.555. The van der Waals surface area contributed by atoms with Gasteiger partial charge in [-0.1, -0.05) is 17.7 Å². The summed E-state index contributed by atoms with van der Waals surface area (Å²) in [4.78, 5) is 33.3. The fourth-order valence-corrected chi connectivity index (χ4v) is 3.26. The molecule has 3 heterocycles. The van der Waals surface area contributed by atoms with Crippen LogP contribution in [0.5, 0.6) is 0 Å². The van der Waals surface area contributed by atoms with Crippen molar-refractivity contribution in [3.63, 3.8) is 0 Å². The maximum Gasteiger partial charge on any atom is 0.281 e. The average molecular weight is 385 g/mol. The normalized spacial score (nSPS) is 12.4. The monoisotopic (exact) mass is 384 g/mol. The Hall–Kier alpha value is -3.20. The molecular weight excluding hydrogens is 368 g/mol. The zero-order chi connectivity index (χ0) is 19.1. The van der Waals surface area contributed by atoms with Crippen molar-refractivity contribution in [2.45, 2.75) is 13.0 Å². The maximum absolute atomic E-state index is 13.1. The topological polar surface area (TPSA) is 105 Å². The number of nitrogens with one attached hydrogen (secondary N) is 2. The molecule has 10 heteroatoms. The third-order valence-corrected chi connectivity index (χ3v) is 4.53. The summed E-state index contributed by atoms with van der Waals surface area (Å²) in [5.41, 5.74) is 1.56. The van der Waals surface area contributed by atoms with Gasteiger partial charge in [0.1, 0.15) is 11.8 Å². The first-order valence-corrected chi connectivity index (χ1v) is 8.64. The number of hydrogen-bond acceptors (Lipinski definition) is 7. The van der Waals surface area contributed by atoms with Gasteiger partial charge in [-0.3, -0.25) is 4.79 Å². The molecule has 0 aliphatic rings. The number of rotatable bonds is 4. The lowest BCUT2D eigenvalue weighted by molar-refractivity contribution is 0.609. The predicted octanol–water partition coefficient (Wildman–Crippen LogP) is 2.09. The van der Waals surface area contributed by atoms with Crippen molar-refractivity contribution < 1.29 is 0 Å². The Morgan fingerprint density at radius 1 is 1.26 bits per heavy atom. The summed E-state index contributed by atoms with van der Waals surface area (Å²) in [6.07, 6.45) is 2.99. The number of imidazole rings is 1. The van der Waals surface area contributed by atoms with Gasteiger partial charge in [-0.05, 0) is 19.1 Å². The molecule has 0 radical (unpaired) electrons. The summed E-state index contributed by atoms with van der Waals surface area (Å²) >= 11 is 6.24. The number of hydrogen-bond donors (Lipinski definition) is 2. The average Bonchev–Trinajstić information content (AvgIpc) is 3.10. The molecule has 0 saturated heterocycles. The van der Waals surface area contributed by atoms with Crippen molar-refractivity contribution in [1.29, 1.82) is 0 Å². The van der Waals surface area contributed by atoms with Crippen LogP contribution in [0.25, 0.3) is 22.1 Å². The number of nitrogens with zero attached hydrogens (tertiary/aromatic N) is 6. The zero-order valence-electron chi connectivity index (χ0n) is 14.9. The third-order valence-electron chi connectivity index (χ3n) is 4.21. The molecule has 0 aliphatic heterocycles. The van der Waals surface area contributed by atoms with Crippen molar-refractivity contribution in [2.75, 3.05) is 24.4 Å². The minimum atomic E-state index is -0.329. The summed E-state index contributed by atoms with van der Waals surface area (Å²) in [6.45, 7) is 1.91. The van der Waals surface area contributed by atoms with Crippen LogP contribution in [0.4, 0.5) is 5.82 Å². The summed E-state index contributed by atoms with van der Waals surface area (Å²) in [6, 6.07) is 4.91. The Morgan fingerprint density at radius 3 is 2.85 bits per heavy atom. The minimum absolute atomic E-state index is 0.228. The Morgan fingerprint density at radius 2 is 2.07 bits per heavy atom. The summed E-state index contributed by atoms with van der Waals surface area (Å²) in [5.74, 6) is 1.11. The van der Waals surface area contributed by atoms with Gasteiger partial charge < -0.3 is 15.3 Å². The van der Waals surface area contributed by atoms with Crippen molar-refractivity contribution >= 4 is 39.5 Å². The van der Waals surface area contributed by atoms with Crippen LogP contribution in [0.1, 0.15) is 18.8 Å². The number of benzene rings is 1. The molecule has 4 aromatic rings. The first kappa shape index (κ1) is 17.2. The number of halogens is 1. The summed E-state index contributed by atoms with van der Waals surface area (Å²) < 4.78 is 1.50. The second-order valence-corrected chi connectivity index (χ2v) is 6.66. The Bertz CT molecular complexity index is 1200. The number of aromatic amines is 1. The van der Waals surface area contributed by atoms with Gasteiger partial charge in [0, 0.05) is 14.1 Å². The predicted molar refractivity (Wildman–Crippen MR) is 105 cm³/mol. The number of H-pyrrole nitrogens is 1. The van der Waals surface area contributed by atoms with Gasteiger partial charge in [0.25, 0.3) is 5.56 Å². The van der Waals surface area contributed by atoms with Crippen LogP contribution in [-0.2, 0) is 0 Å². The standard InChI is InChI=1S/C17H17ClN8O/c1-9(23-15-13-14(20-7-19-13)21-8-22-15)16-24-11-6-4-5-10(18)12(11)17(27)26(16)25(2)3/h4-9H,1-3H3,(H2,19,20,21,22,23)/t9-/m0/s1. The van der Waals surface area contributed by atoms with Crippen molar-refractivity contribution in [2.24, 2.45) is 0 Å². The zero-order valence-corrected chi connectivity index (χ0v) is 15.7. The molecule has 0 unspecified atom stereocenters. The lowest BCUT2D eigenvalue weighted by Crippen LogP contribution is -2.40. The van der Waals surface area contributed by atoms with E-state index in [9.17, 15) is 4.79 Å². The van der Waals surface area contributed by atoms with Gasteiger partial charge in [-0.25, -0.2) is 24.6 Å². The summed E-state index contributed by atoms with van der Waals surface area (Å²) in [5, 5.41) is 5.73. The molecule has 1 aromatic carbocycles. The van der Waals surface area contributed by atoms with Gasteiger partial charge in [0.15, 0.2) is 17.3 Å². The van der Waals surface area contributed by atoms with E-state index in [2.05, 4.69) is 30.2 Å². The molecule has 0 fully saturated rings. The van der Waals surface area contributed by atoms with Crippen LogP contribution in [0.15, 0.2) is 35.6 Å². The second kappa shape index (κ2) is 6.51. The van der Waals surface area contributed by atoms with E-state index in [1.54, 1.807) is 43.6 Å². The lowest BCUT2D eigenvalue weighted by Gasteiger charge is -2.24. The summed E-state index contributed by atoms with van der Waals surface area (Å²) in [7, 11) is 3.56. The van der Waals surface area contributed by atoms with Crippen LogP contribution < -0.4 is 15.9 Å². The number of fused-ring (bicyclic) bond motifs is 2. The fraction of sp³-hybridized carbons (Fsp3) is 0.235. The van der Waals surface area contributed by atoms with E-state index in [-0.39, 0.29) is 11.6 Å². The van der Waals surface area contributed by atoms with Crippen molar-refractivity contribution in [3.8, 4) is 0 Å². The number of aromatic nitrogens is 6. The SMILES string of the molecule is C[C@H](Nc1ncnc2nc[nH]c12)c1nc2cccc(Cl)c2c(=O)n1N(C)C. The molecule has 9 nitrogen and oxygen atoms in total. The van der Waals surface area contributed by atoms with Gasteiger partial charge in [-0.2, -0.15) is 0 Å². The molecule has 0 amide bonds. The molecule has 0 aliphatic carbocycles. The highest BCUT2D eigenvalue weighted by molar-refractivity contribution is 6.35. The number of anilines is 1. The Labute approximate surface area is 159 Å². The molecule has 4 rings (SSSR count). The molecule has 27 heavy (non-hydrogen) atoms. The molecule has 1 atom stereocenters. The Kier molecular flexibility index (Phi) is 4.15. The van der Waals surface area contributed by atoms with Crippen LogP contribution in [-0.4, -0.2) is 43.7 Å². The van der Waals surface area contributed by atoms with E-state index >= 15 is 0 Å². The smallest absolute Gasteiger partial charge is 0.281 e. The highest BCUT2D eigenvalue weighted by atomic mass is 35.5. The first-order chi connectivity index (χ1) is 13.0. The van der Waals surface area contributed by atoms with Crippen LogP contribution in [0.2, 0.25) is 5.02 Å². The highest BCUT2D eigenvalue weighted by Gasteiger charge is 2.20. The van der Waals surface area contributed by atoms with E-state index in [0.29, 0.717) is 38.7 Å². The van der Waals surface area contributed by atoms with Gasteiger partial charge in [0.05, 0.1) is 28.3 Å². The van der Waals surface area contributed by atoms with Gasteiger partial charge >= 0.3 is 0 Å².